The molecule has 0 N–H and O–H groups in total. The monoisotopic (exact) mass is 363 g/mol. The molecule has 3 rings (SSSR count). The Hall–Kier alpha value is -2.15. The van der Waals surface area contributed by atoms with E-state index in [0.717, 1.165) is 10.2 Å². The molecule has 0 saturated carbocycles. The van der Waals surface area contributed by atoms with Gasteiger partial charge in [0.25, 0.3) is 5.19 Å². The molecule has 0 amide bonds. The van der Waals surface area contributed by atoms with E-state index in [-0.39, 0.29) is 0 Å². The highest BCUT2D eigenvalue weighted by molar-refractivity contribution is 7.20. The predicted molar refractivity (Wildman–Crippen MR) is 92.9 cm³/mol. The van der Waals surface area contributed by atoms with E-state index in [0.29, 0.717) is 21.5 Å². The molecule has 0 bridgehead atoms. The van der Waals surface area contributed by atoms with Crippen LogP contribution in [-0.4, -0.2) is 25.2 Å². The average Bonchev–Trinajstić information content (AvgIpc) is 2.98. The van der Waals surface area contributed by atoms with Crippen LogP contribution in [0.1, 0.15) is 11.7 Å². The number of rotatable bonds is 5. The van der Waals surface area contributed by atoms with E-state index in [1.807, 2.05) is 12.1 Å². The Balaban J connectivity index is 1.78. The fourth-order valence-electron chi connectivity index (χ4n) is 2.21. The van der Waals surface area contributed by atoms with Crippen molar-refractivity contribution in [3.8, 4) is 10.9 Å². The summed E-state index contributed by atoms with van der Waals surface area (Å²) in [6, 6.07) is 12.5. The average molecular weight is 364 g/mol. The molecule has 0 aliphatic rings. The molecular formula is C17H14ClNO4S. The summed E-state index contributed by atoms with van der Waals surface area (Å²) in [5.74, 6) is 0.165. The second kappa shape index (κ2) is 7.17. The maximum atomic E-state index is 11.6. The van der Waals surface area contributed by atoms with E-state index in [1.165, 1.54) is 25.6 Å². The Bertz CT molecular complexity index is 863. The molecule has 24 heavy (non-hydrogen) atoms. The number of esters is 1. The van der Waals surface area contributed by atoms with Crippen molar-refractivity contribution in [2.45, 2.75) is 6.10 Å². The summed E-state index contributed by atoms with van der Waals surface area (Å²) in [6.45, 7) is 0. The number of halogens is 1. The Labute approximate surface area is 147 Å². The highest BCUT2D eigenvalue weighted by Gasteiger charge is 2.20. The van der Waals surface area contributed by atoms with Gasteiger partial charge in [0.05, 0.1) is 17.3 Å². The van der Waals surface area contributed by atoms with Crippen molar-refractivity contribution in [3.05, 3.63) is 53.1 Å². The van der Waals surface area contributed by atoms with Gasteiger partial charge in [-0.05, 0) is 35.9 Å². The van der Waals surface area contributed by atoms with Crippen LogP contribution in [0.15, 0.2) is 42.5 Å². The molecule has 1 heterocycles. The molecule has 0 fully saturated rings. The van der Waals surface area contributed by atoms with Crippen molar-refractivity contribution in [1.82, 2.24) is 4.98 Å². The lowest BCUT2D eigenvalue weighted by Gasteiger charge is -2.13. The zero-order valence-electron chi connectivity index (χ0n) is 13.0. The minimum atomic E-state index is -0.756. The first kappa shape index (κ1) is 16.7. The molecule has 1 atom stereocenters. The lowest BCUT2D eigenvalue weighted by atomic mass is 10.1. The van der Waals surface area contributed by atoms with Gasteiger partial charge in [-0.2, -0.15) is 0 Å². The van der Waals surface area contributed by atoms with E-state index in [1.54, 1.807) is 30.3 Å². The number of hydrogen-bond donors (Lipinski definition) is 0. The number of carbonyl (C=O) groups excluding carboxylic acids is 1. The summed E-state index contributed by atoms with van der Waals surface area (Å²) in [5.41, 5.74) is 1.52. The molecule has 5 nitrogen and oxygen atoms in total. The first-order valence-corrected chi connectivity index (χ1v) is 8.24. The second-order valence-electron chi connectivity index (χ2n) is 4.90. The van der Waals surface area contributed by atoms with E-state index in [4.69, 9.17) is 25.8 Å². The van der Waals surface area contributed by atoms with Gasteiger partial charge in [-0.3, -0.25) is 0 Å². The predicted octanol–water partition coefficient (Wildman–Crippen LogP) is 4.60. The zero-order chi connectivity index (χ0) is 17.1. The van der Waals surface area contributed by atoms with Gasteiger partial charge in [-0.1, -0.05) is 35.1 Å². The molecule has 0 spiro atoms. The number of methoxy groups -OCH3 is 2. The Morgan fingerprint density at radius 3 is 2.58 bits per heavy atom. The number of fused-ring (bicyclic) bond motifs is 1. The van der Waals surface area contributed by atoms with Crippen molar-refractivity contribution >= 4 is 39.1 Å². The largest absolute Gasteiger partial charge is 0.467 e. The van der Waals surface area contributed by atoms with Crippen molar-refractivity contribution in [3.63, 3.8) is 0 Å². The summed E-state index contributed by atoms with van der Waals surface area (Å²) < 4.78 is 16.6. The van der Waals surface area contributed by atoms with Crippen molar-refractivity contribution < 1.29 is 19.0 Å². The molecule has 1 unspecified atom stereocenters. The molecule has 3 aromatic rings. The van der Waals surface area contributed by atoms with Crippen LogP contribution in [0.5, 0.6) is 10.9 Å². The normalized spacial score (nSPS) is 12.1. The summed E-state index contributed by atoms with van der Waals surface area (Å²) >= 11 is 7.39. The summed E-state index contributed by atoms with van der Waals surface area (Å²) in [5, 5.41) is 1.19. The van der Waals surface area contributed by atoms with E-state index < -0.39 is 12.1 Å². The topological polar surface area (TPSA) is 57.7 Å². The molecule has 2 aromatic carbocycles. The van der Waals surface area contributed by atoms with Gasteiger partial charge in [0.1, 0.15) is 5.75 Å². The fraction of sp³-hybridized carbons (Fsp3) is 0.176. The third kappa shape index (κ3) is 3.51. The van der Waals surface area contributed by atoms with Crippen molar-refractivity contribution in [1.29, 1.82) is 0 Å². The molecule has 0 radical (unpaired) electrons. The minimum absolute atomic E-state index is 0.450. The minimum Gasteiger partial charge on any atom is -0.467 e. The molecule has 124 valence electrons. The SMILES string of the molecule is COC(=O)C(OC)c1ccc(Oc2nc3ccc(Cl)cc3s2)cc1. The van der Waals surface area contributed by atoms with Crippen LogP contribution in [0.4, 0.5) is 0 Å². The highest BCUT2D eigenvalue weighted by Crippen LogP contribution is 2.33. The van der Waals surface area contributed by atoms with Gasteiger partial charge in [0, 0.05) is 12.1 Å². The number of nitrogens with zero attached hydrogens (tertiary/aromatic N) is 1. The zero-order valence-corrected chi connectivity index (χ0v) is 14.6. The molecular weight excluding hydrogens is 350 g/mol. The van der Waals surface area contributed by atoms with Crippen LogP contribution in [0.3, 0.4) is 0 Å². The molecule has 0 aliphatic heterocycles. The van der Waals surface area contributed by atoms with Crippen LogP contribution in [0.2, 0.25) is 5.02 Å². The second-order valence-corrected chi connectivity index (χ2v) is 6.33. The fourth-order valence-corrected chi connectivity index (χ4v) is 3.32. The van der Waals surface area contributed by atoms with E-state index >= 15 is 0 Å². The Morgan fingerprint density at radius 2 is 1.92 bits per heavy atom. The molecule has 0 aliphatic carbocycles. The number of benzene rings is 2. The molecule has 1 aromatic heterocycles. The summed E-state index contributed by atoms with van der Waals surface area (Å²) in [4.78, 5) is 16.1. The van der Waals surface area contributed by atoms with Gasteiger partial charge in [0.2, 0.25) is 0 Å². The van der Waals surface area contributed by atoms with Crippen LogP contribution >= 0.6 is 22.9 Å². The van der Waals surface area contributed by atoms with Gasteiger partial charge in [0.15, 0.2) is 6.10 Å². The lowest BCUT2D eigenvalue weighted by molar-refractivity contribution is -0.152. The number of ether oxygens (including phenoxy) is 3. The molecule has 7 heteroatoms. The number of carbonyl (C=O) groups is 1. The molecule has 0 saturated heterocycles. The van der Waals surface area contributed by atoms with Crippen molar-refractivity contribution in [2.75, 3.05) is 14.2 Å². The maximum absolute atomic E-state index is 11.6. The number of hydrogen-bond acceptors (Lipinski definition) is 6. The van der Waals surface area contributed by atoms with Gasteiger partial charge < -0.3 is 14.2 Å². The van der Waals surface area contributed by atoms with Crippen LogP contribution in [0, 0.1) is 0 Å². The van der Waals surface area contributed by atoms with Crippen molar-refractivity contribution in [2.24, 2.45) is 0 Å². The Morgan fingerprint density at radius 1 is 1.17 bits per heavy atom. The Kier molecular flexibility index (Phi) is 4.99. The first-order valence-electron chi connectivity index (χ1n) is 7.05. The van der Waals surface area contributed by atoms with Gasteiger partial charge in [-0.15, -0.1) is 0 Å². The van der Waals surface area contributed by atoms with E-state index in [2.05, 4.69) is 4.98 Å². The van der Waals surface area contributed by atoms with E-state index in [9.17, 15) is 4.79 Å². The van der Waals surface area contributed by atoms with Gasteiger partial charge >= 0.3 is 5.97 Å². The first-order chi connectivity index (χ1) is 11.6. The summed E-state index contributed by atoms with van der Waals surface area (Å²) in [6.07, 6.45) is -0.756. The standard InChI is InChI=1S/C17H14ClNO4S/c1-21-15(16(20)22-2)10-3-6-12(7-4-10)23-17-19-13-8-5-11(18)9-14(13)24-17/h3-9,15H,1-2H3. The van der Waals surface area contributed by atoms with Crippen LogP contribution in [0.25, 0.3) is 10.2 Å². The highest BCUT2D eigenvalue weighted by atomic mass is 35.5. The smallest absolute Gasteiger partial charge is 0.339 e. The van der Waals surface area contributed by atoms with Crippen LogP contribution < -0.4 is 4.74 Å². The number of aromatic nitrogens is 1. The van der Waals surface area contributed by atoms with Gasteiger partial charge in [-0.25, -0.2) is 9.78 Å². The third-order valence-electron chi connectivity index (χ3n) is 3.37. The third-order valence-corrected chi connectivity index (χ3v) is 4.50. The quantitative estimate of drug-likeness (QED) is 0.620. The number of thiazole rings is 1. The van der Waals surface area contributed by atoms with Crippen LogP contribution in [-0.2, 0) is 14.3 Å². The summed E-state index contributed by atoms with van der Waals surface area (Å²) in [7, 11) is 2.78. The maximum Gasteiger partial charge on any atom is 0.339 e. The lowest BCUT2D eigenvalue weighted by Crippen LogP contribution is -2.15.